The topological polar surface area (TPSA) is 42.0 Å². The smallest absolute Gasteiger partial charge is 0.0554 e. The standard InChI is InChI=1S/C8H18N4O/c13-3-1-2-10-6-11-4-9-5-12(7-10)8-11/h9,13H,1-8H2. The molecule has 2 rings (SSSR count). The van der Waals surface area contributed by atoms with Crippen molar-refractivity contribution in [3.05, 3.63) is 0 Å². The molecule has 0 aromatic rings. The van der Waals surface area contributed by atoms with Crippen molar-refractivity contribution in [2.45, 2.75) is 6.42 Å². The zero-order valence-corrected chi connectivity index (χ0v) is 7.95. The Labute approximate surface area is 78.9 Å². The first kappa shape index (κ1) is 9.36. The van der Waals surface area contributed by atoms with Gasteiger partial charge in [-0.25, -0.2) is 0 Å². The molecule has 76 valence electrons. The molecule has 2 heterocycles. The van der Waals surface area contributed by atoms with Crippen molar-refractivity contribution >= 4 is 0 Å². The van der Waals surface area contributed by atoms with Crippen LogP contribution in [0.15, 0.2) is 0 Å². The van der Waals surface area contributed by atoms with Crippen molar-refractivity contribution in [3.8, 4) is 0 Å². The maximum Gasteiger partial charge on any atom is 0.0554 e. The monoisotopic (exact) mass is 186 g/mol. The Bertz CT molecular complexity index is 154. The lowest BCUT2D eigenvalue weighted by atomic mass is 10.4. The molecule has 2 N–H and O–H groups in total. The van der Waals surface area contributed by atoms with Gasteiger partial charge in [0, 0.05) is 13.2 Å². The quantitative estimate of drug-likeness (QED) is 0.572. The molecule has 2 aliphatic heterocycles. The van der Waals surface area contributed by atoms with E-state index < -0.39 is 0 Å². The molecule has 2 unspecified atom stereocenters. The summed E-state index contributed by atoms with van der Waals surface area (Å²) in [5, 5.41) is 12.1. The Hall–Kier alpha value is -0.200. The van der Waals surface area contributed by atoms with Gasteiger partial charge in [0.2, 0.25) is 0 Å². The van der Waals surface area contributed by atoms with Gasteiger partial charge in [0.05, 0.1) is 33.3 Å². The third-order valence-electron chi connectivity index (χ3n) is 2.50. The summed E-state index contributed by atoms with van der Waals surface area (Å²) >= 11 is 0. The van der Waals surface area contributed by atoms with Crippen LogP contribution in [0.25, 0.3) is 0 Å². The van der Waals surface area contributed by atoms with E-state index in [1.165, 1.54) is 0 Å². The number of aliphatic hydroxyl groups is 1. The van der Waals surface area contributed by atoms with Gasteiger partial charge in [0.15, 0.2) is 0 Å². The van der Waals surface area contributed by atoms with E-state index >= 15 is 0 Å². The maximum absolute atomic E-state index is 8.73. The van der Waals surface area contributed by atoms with E-state index in [9.17, 15) is 0 Å². The lowest BCUT2D eigenvalue weighted by molar-refractivity contribution is -0.0678. The first-order valence-electron chi connectivity index (χ1n) is 4.87. The van der Waals surface area contributed by atoms with Crippen LogP contribution in [0.3, 0.4) is 0 Å². The zero-order chi connectivity index (χ0) is 9.10. The number of hydrogen-bond donors (Lipinski definition) is 2. The Morgan fingerprint density at radius 1 is 1.08 bits per heavy atom. The molecule has 2 atom stereocenters. The summed E-state index contributed by atoms with van der Waals surface area (Å²) in [5.41, 5.74) is 0. The second-order valence-corrected chi connectivity index (χ2v) is 3.80. The molecule has 2 bridgehead atoms. The van der Waals surface area contributed by atoms with Gasteiger partial charge >= 0.3 is 0 Å². The Kier molecular flexibility index (Phi) is 3.13. The van der Waals surface area contributed by atoms with Crippen LogP contribution < -0.4 is 5.32 Å². The van der Waals surface area contributed by atoms with E-state index in [2.05, 4.69) is 20.0 Å². The number of fused-ring (bicyclic) bond motifs is 2. The normalized spacial score (nSPS) is 34.8. The van der Waals surface area contributed by atoms with Crippen LogP contribution in [0.4, 0.5) is 0 Å². The lowest BCUT2D eigenvalue weighted by Gasteiger charge is -2.45. The molecular weight excluding hydrogens is 168 g/mol. The van der Waals surface area contributed by atoms with Crippen molar-refractivity contribution in [2.75, 3.05) is 46.5 Å². The summed E-state index contributed by atoms with van der Waals surface area (Å²) in [5.74, 6) is 0. The fourth-order valence-corrected chi connectivity index (χ4v) is 1.98. The number of nitrogens with one attached hydrogen (secondary N) is 1. The van der Waals surface area contributed by atoms with Crippen molar-refractivity contribution in [1.29, 1.82) is 0 Å². The molecule has 2 aliphatic rings. The third kappa shape index (κ3) is 2.38. The van der Waals surface area contributed by atoms with E-state index in [-0.39, 0.29) is 0 Å². The fraction of sp³-hybridized carbons (Fsp3) is 1.00. The van der Waals surface area contributed by atoms with Gasteiger partial charge in [0.1, 0.15) is 0 Å². The predicted molar refractivity (Wildman–Crippen MR) is 49.6 cm³/mol. The first-order chi connectivity index (χ1) is 6.38. The third-order valence-corrected chi connectivity index (χ3v) is 2.50. The molecule has 13 heavy (non-hydrogen) atoms. The van der Waals surface area contributed by atoms with Crippen LogP contribution >= 0.6 is 0 Å². The van der Waals surface area contributed by atoms with Crippen LogP contribution in [-0.4, -0.2) is 66.3 Å². The van der Waals surface area contributed by atoms with Crippen LogP contribution in [0, 0.1) is 0 Å². The van der Waals surface area contributed by atoms with Gasteiger partial charge in [-0.1, -0.05) is 0 Å². The molecule has 2 fully saturated rings. The average Bonchev–Trinajstić information content (AvgIpc) is 2.14. The van der Waals surface area contributed by atoms with Crippen molar-refractivity contribution in [2.24, 2.45) is 0 Å². The van der Waals surface area contributed by atoms with Crippen molar-refractivity contribution in [1.82, 2.24) is 20.0 Å². The Balaban J connectivity index is 1.80. The highest BCUT2D eigenvalue weighted by atomic mass is 16.3. The van der Waals surface area contributed by atoms with Gasteiger partial charge in [-0.2, -0.15) is 0 Å². The van der Waals surface area contributed by atoms with Crippen molar-refractivity contribution in [3.63, 3.8) is 0 Å². The summed E-state index contributed by atoms with van der Waals surface area (Å²) in [6, 6.07) is 0. The zero-order valence-electron chi connectivity index (χ0n) is 7.95. The summed E-state index contributed by atoms with van der Waals surface area (Å²) in [4.78, 5) is 7.11. The minimum atomic E-state index is 0.300. The number of aliphatic hydroxyl groups excluding tert-OH is 1. The largest absolute Gasteiger partial charge is 0.396 e. The Morgan fingerprint density at radius 3 is 2.38 bits per heavy atom. The SMILES string of the molecule is OCCCN1CN2CNCN(C1)C2. The summed E-state index contributed by atoms with van der Waals surface area (Å²) in [6.45, 7) is 6.44. The van der Waals surface area contributed by atoms with E-state index in [1.807, 2.05) is 0 Å². The van der Waals surface area contributed by atoms with E-state index in [0.29, 0.717) is 6.61 Å². The summed E-state index contributed by atoms with van der Waals surface area (Å²) < 4.78 is 0. The minimum absolute atomic E-state index is 0.300. The summed E-state index contributed by atoms with van der Waals surface area (Å²) in [7, 11) is 0. The van der Waals surface area contributed by atoms with Crippen LogP contribution in [0.2, 0.25) is 0 Å². The maximum atomic E-state index is 8.73. The highest BCUT2D eigenvalue weighted by Crippen LogP contribution is 2.08. The molecule has 0 radical (unpaired) electrons. The molecule has 2 saturated heterocycles. The van der Waals surface area contributed by atoms with E-state index in [1.54, 1.807) is 0 Å². The molecular formula is C8H18N4O. The van der Waals surface area contributed by atoms with Gasteiger partial charge < -0.3 is 5.11 Å². The van der Waals surface area contributed by atoms with Gasteiger partial charge in [0.25, 0.3) is 0 Å². The number of rotatable bonds is 3. The van der Waals surface area contributed by atoms with Crippen molar-refractivity contribution < 1.29 is 5.11 Å². The van der Waals surface area contributed by atoms with E-state index in [0.717, 1.165) is 46.3 Å². The van der Waals surface area contributed by atoms with Gasteiger partial charge in [-0.05, 0) is 6.42 Å². The Morgan fingerprint density at radius 2 is 1.77 bits per heavy atom. The van der Waals surface area contributed by atoms with E-state index in [4.69, 9.17) is 5.11 Å². The summed E-state index contributed by atoms with van der Waals surface area (Å²) in [6.07, 6.45) is 0.884. The predicted octanol–water partition coefficient (Wildman–Crippen LogP) is -1.32. The molecule has 0 aliphatic carbocycles. The highest BCUT2D eigenvalue weighted by molar-refractivity contribution is 4.72. The van der Waals surface area contributed by atoms with Crippen LogP contribution in [-0.2, 0) is 0 Å². The molecule has 0 amide bonds. The van der Waals surface area contributed by atoms with Crippen LogP contribution in [0.1, 0.15) is 6.42 Å². The van der Waals surface area contributed by atoms with Gasteiger partial charge in [-0.15, -0.1) is 0 Å². The molecule has 5 nitrogen and oxygen atoms in total. The first-order valence-corrected chi connectivity index (χ1v) is 4.87. The molecule has 0 aromatic heterocycles. The van der Waals surface area contributed by atoms with Gasteiger partial charge in [-0.3, -0.25) is 20.0 Å². The molecule has 0 saturated carbocycles. The van der Waals surface area contributed by atoms with Crippen LogP contribution in [0.5, 0.6) is 0 Å². The second kappa shape index (κ2) is 4.34. The minimum Gasteiger partial charge on any atom is -0.396 e. The highest BCUT2D eigenvalue weighted by Gasteiger charge is 2.25. The average molecular weight is 186 g/mol. The number of nitrogens with zero attached hydrogens (tertiary/aromatic N) is 3. The molecule has 0 spiro atoms. The molecule has 5 heteroatoms. The fourth-order valence-electron chi connectivity index (χ4n) is 1.98. The molecule has 0 aromatic carbocycles. The lowest BCUT2D eigenvalue weighted by Crippen LogP contribution is -2.63. The second-order valence-electron chi connectivity index (χ2n) is 3.80. The number of hydrogen-bond acceptors (Lipinski definition) is 5.